The molecule has 0 saturated heterocycles. The predicted octanol–water partition coefficient (Wildman–Crippen LogP) is 1.78. The van der Waals surface area contributed by atoms with Gasteiger partial charge in [0.15, 0.2) is 0 Å². The number of hydrogen-bond donors (Lipinski definition) is 2. The van der Waals surface area contributed by atoms with Crippen LogP contribution < -0.4 is 16.0 Å². The minimum Gasteiger partial charge on any atom is -0.368 e. The second-order valence-electron chi connectivity index (χ2n) is 4.57. The molecule has 0 aliphatic carbocycles. The Bertz CT molecular complexity index is 443. The van der Waals surface area contributed by atoms with E-state index in [0.717, 1.165) is 13.0 Å². The molecule has 0 aromatic heterocycles. The molecular formula is C14H21F2N3O. The zero-order chi connectivity index (χ0) is 15.1. The van der Waals surface area contributed by atoms with Gasteiger partial charge >= 0.3 is 0 Å². The SMILES string of the molecule is CCCNCc1cc(F)c(N(CC)CC(N)=O)c(F)c1. The van der Waals surface area contributed by atoms with Crippen LogP contribution in [0, 0.1) is 11.6 Å². The highest BCUT2D eigenvalue weighted by Crippen LogP contribution is 2.24. The number of nitrogens with zero attached hydrogens (tertiary/aromatic N) is 1. The monoisotopic (exact) mass is 285 g/mol. The van der Waals surface area contributed by atoms with Crippen molar-refractivity contribution in [1.29, 1.82) is 0 Å². The topological polar surface area (TPSA) is 58.4 Å². The van der Waals surface area contributed by atoms with Crippen molar-refractivity contribution >= 4 is 11.6 Å². The van der Waals surface area contributed by atoms with Crippen LogP contribution in [0.3, 0.4) is 0 Å². The van der Waals surface area contributed by atoms with Gasteiger partial charge in [-0.05, 0) is 37.6 Å². The van der Waals surface area contributed by atoms with E-state index in [-0.39, 0.29) is 12.2 Å². The highest BCUT2D eigenvalue weighted by Gasteiger charge is 2.18. The fraction of sp³-hybridized carbons (Fsp3) is 0.500. The highest BCUT2D eigenvalue weighted by molar-refractivity contribution is 5.79. The normalized spacial score (nSPS) is 10.6. The third-order valence-corrected chi connectivity index (χ3v) is 2.88. The molecule has 4 nitrogen and oxygen atoms in total. The molecule has 0 unspecified atom stereocenters. The van der Waals surface area contributed by atoms with E-state index in [2.05, 4.69) is 5.32 Å². The summed E-state index contributed by atoms with van der Waals surface area (Å²) in [4.78, 5) is 12.2. The Morgan fingerprint density at radius 1 is 1.30 bits per heavy atom. The van der Waals surface area contributed by atoms with Crippen LogP contribution in [0.5, 0.6) is 0 Å². The van der Waals surface area contributed by atoms with Crippen molar-refractivity contribution in [2.75, 3.05) is 24.5 Å². The minimum absolute atomic E-state index is 0.203. The molecule has 1 amide bonds. The van der Waals surface area contributed by atoms with Gasteiger partial charge in [-0.2, -0.15) is 0 Å². The molecule has 0 aliphatic heterocycles. The molecule has 0 radical (unpaired) electrons. The largest absolute Gasteiger partial charge is 0.368 e. The lowest BCUT2D eigenvalue weighted by molar-refractivity contribution is -0.116. The number of hydrogen-bond acceptors (Lipinski definition) is 3. The van der Waals surface area contributed by atoms with Crippen LogP contribution in [0.25, 0.3) is 0 Å². The zero-order valence-corrected chi connectivity index (χ0v) is 11.9. The second-order valence-corrected chi connectivity index (χ2v) is 4.57. The first-order valence-electron chi connectivity index (χ1n) is 6.71. The molecule has 1 rings (SSSR count). The van der Waals surface area contributed by atoms with Gasteiger partial charge in [-0.25, -0.2) is 8.78 Å². The molecule has 112 valence electrons. The van der Waals surface area contributed by atoms with Crippen LogP contribution in [-0.4, -0.2) is 25.5 Å². The smallest absolute Gasteiger partial charge is 0.236 e. The summed E-state index contributed by atoms with van der Waals surface area (Å²) in [6, 6.07) is 2.56. The molecular weight excluding hydrogens is 264 g/mol. The van der Waals surface area contributed by atoms with E-state index in [1.807, 2.05) is 6.92 Å². The molecule has 0 fully saturated rings. The molecule has 0 aliphatic rings. The van der Waals surface area contributed by atoms with Gasteiger partial charge in [0.05, 0.1) is 6.54 Å². The van der Waals surface area contributed by atoms with Gasteiger partial charge in [0, 0.05) is 13.1 Å². The summed E-state index contributed by atoms with van der Waals surface area (Å²) in [5, 5.41) is 3.08. The number of benzene rings is 1. The Labute approximate surface area is 117 Å². The van der Waals surface area contributed by atoms with Gasteiger partial charge in [-0.1, -0.05) is 6.92 Å². The summed E-state index contributed by atoms with van der Waals surface area (Å²) >= 11 is 0. The Hall–Kier alpha value is -1.69. The van der Waals surface area contributed by atoms with Gasteiger partial charge in [-0.15, -0.1) is 0 Å². The fourth-order valence-corrected chi connectivity index (χ4v) is 1.97. The van der Waals surface area contributed by atoms with E-state index in [9.17, 15) is 13.6 Å². The number of halogens is 2. The van der Waals surface area contributed by atoms with E-state index in [1.54, 1.807) is 6.92 Å². The maximum atomic E-state index is 14.0. The molecule has 0 heterocycles. The summed E-state index contributed by atoms with van der Waals surface area (Å²) in [6.45, 7) is 5.00. The Morgan fingerprint density at radius 2 is 1.90 bits per heavy atom. The number of carbonyl (C=O) groups excluding carboxylic acids is 1. The molecule has 20 heavy (non-hydrogen) atoms. The van der Waals surface area contributed by atoms with Crippen LogP contribution in [0.15, 0.2) is 12.1 Å². The quantitative estimate of drug-likeness (QED) is 0.716. The van der Waals surface area contributed by atoms with E-state index in [0.29, 0.717) is 18.7 Å². The number of nitrogens with one attached hydrogen (secondary N) is 1. The summed E-state index contributed by atoms with van der Waals surface area (Å²) in [5.41, 5.74) is 5.41. The van der Waals surface area contributed by atoms with Crippen molar-refractivity contribution in [1.82, 2.24) is 5.32 Å². The van der Waals surface area contributed by atoms with Crippen LogP contribution in [0.2, 0.25) is 0 Å². The Morgan fingerprint density at radius 3 is 2.35 bits per heavy atom. The molecule has 6 heteroatoms. The molecule has 1 aromatic rings. The number of anilines is 1. The molecule has 0 spiro atoms. The van der Waals surface area contributed by atoms with Crippen molar-refractivity contribution in [3.05, 3.63) is 29.3 Å². The van der Waals surface area contributed by atoms with Gasteiger partial charge in [0.25, 0.3) is 0 Å². The first kappa shape index (κ1) is 16.4. The fourth-order valence-electron chi connectivity index (χ4n) is 1.97. The zero-order valence-electron chi connectivity index (χ0n) is 11.9. The van der Waals surface area contributed by atoms with Gasteiger partial charge < -0.3 is 16.0 Å². The molecule has 0 atom stereocenters. The van der Waals surface area contributed by atoms with Gasteiger partial charge in [0.1, 0.15) is 17.3 Å². The lowest BCUT2D eigenvalue weighted by Gasteiger charge is -2.23. The number of carbonyl (C=O) groups is 1. The third-order valence-electron chi connectivity index (χ3n) is 2.88. The van der Waals surface area contributed by atoms with Crippen LogP contribution in [-0.2, 0) is 11.3 Å². The lowest BCUT2D eigenvalue weighted by Crippen LogP contribution is -2.34. The van der Waals surface area contributed by atoms with Crippen molar-refractivity contribution in [2.24, 2.45) is 5.73 Å². The van der Waals surface area contributed by atoms with Crippen molar-refractivity contribution in [3.8, 4) is 0 Å². The van der Waals surface area contributed by atoms with Crippen molar-refractivity contribution in [3.63, 3.8) is 0 Å². The van der Waals surface area contributed by atoms with Gasteiger partial charge in [0.2, 0.25) is 5.91 Å². The first-order valence-corrected chi connectivity index (χ1v) is 6.71. The van der Waals surface area contributed by atoms with E-state index >= 15 is 0 Å². The molecule has 0 bridgehead atoms. The van der Waals surface area contributed by atoms with Crippen LogP contribution in [0.4, 0.5) is 14.5 Å². The number of likely N-dealkylation sites (N-methyl/N-ethyl adjacent to an activating group) is 1. The Balaban J connectivity index is 2.95. The first-order chi connectivity index (χ1) is 9.49. The average molecular weight is 285 g/mol. The number of nitrogens with two attached hydrogens (primary N) is 1. The van der Waals surface area contributed by atoms with E-state index in [1.165, 1.54) is 17.0 Å². The average Bonchev–Trinajstić information content (AvgIpc) is 2.36. The van der Waals surface area contributed by atoms with E-state index < -0.39 is 17.5 Å². The van der Waals surface area contributed by atoms with Crippen LogP contribution in [0.1, 0.15) is 25.8 Å². The molecule has 3 N–H and O–H groups in total. The van der Waals surface area contributed by atoms with Gasteiger partial charge in [-0.3, -0.25) is 4.79 Å². The highest BCUT2D eigenvalue weighted by atomic mass is 19.1. The maximum Gasteiger partial charge on any atom is 0.236 e. The van der Waals surface area contributed by atoms with Crippen molar-refractivity contribution < 1.29 is 13.6 Å². The second kappa shape index (κ2) is 7.79. The maximum absolute atomic E-state index is 14.0. The third kappa shape index (κ3) is 4.45. The Kier molecular flexibility index (Phi) is 6.38. The summed E-state index contributed by atoms with van der Waals surface area (Å²) in [5.74, 6) is -1.98. The summed E-state index contributed by atoms with van der Waals surface area (Å²) in [6.07, 6.45) is 0.950. The predicted molar refractivity (Wildman–Crippen MR) is 75.4 cm³/mol. The summed E-state index contributed by atoms with van der Waals surface area (Å²) in [7, 11) is 0. The van der Waals surface area contributed by atoms with Crippen molar-refractivity contribution in [2.45, 2.75) is 26.8 Å². The summed E-state index contributed by atoms with van der Waals surface area (Å²) < 4.78 is 28.1. The van der Waals surface area contributed by atoms with Crippen LogP contribution >= 0.6 is 0 Å². The number of primary amides is 1. The minimum atomic E-state index is -0.679. The molecule has 1 aromatic carbocycles. The number of amides is 1. The number of rotatable bonds is 8. The standard InChI is InChI=1S/C14H21F2N3O/c1-3-5-18-8-10-6-11(15)14(12(16)7-10)19(4-2)9-13(17)20/h6-7,18H,3-5,8-9H2,1-2H3,(H2,17,20). The lowest BCUT2D eigenvalue weighted by atomic mass is 10.1. The molecule has 0 saturated carbocycles. The van der Waals surface area contributed by atoms with E-state index in [4.69, 9.17) is 5.73 Å².